The summed E-state index contributed by atoms with van der Waals surface area (Å²) in [6.07, 6.45) is 0.684. The van der Waals surface area contributed by atoms with Crippen LogP contribution in [0.25, 0.3) is 0 Å². The van der Waals surface area contributed by atoms with Gasteiger partial charge in [-0.05, 0) is 29.2 Å². The molecule has 0 N–H and O–H groups in total. The van der Waals surface area contributed by atoms with Crippen molar-refractivity contribution in [1.29, 1.82) is 0 Å². The Morgan fingerprint density at radius 2 is 1.79 bits per heavy atom. The zero-order valence-corrected chi connectivity index (χ0v) is 16.7. The summed E-state index contributed by atoms with van der Waals surface area (Å²) in [7, 11) is 0. The fourth-order valence-electron chi connectivity index (χ4n) is 3.23. The highest BCUT2D eigenvalue weighted by Crippen LogP contribution is 2.27. The molecule has 0 spiro atoms. The summed E-state index contributed by atoms with van der Waals surface area (Å²) in [6.45, 7) is 4.06. The van der Waals surface area contributed by atoms with Crippen LogP contribution in [0.5, 0.6) is 0 Å². The third kappa shape index (κ3) is 4.78. The minimum absolute atomic E-state index is 0.0262. The highest BCUT2D eigenvalue weighted by Gasteiger charge is 2.28. The van der Waals surface area contributed by atoms with Gasteiger partial charge in [-0.25, -0.2) is 5.01 Å². The number of esters is 1. The van der Waals surface area contributed by atoms with Gasteiger partial charge in [-0.2, -0.15) is 5.10 Å². The van der Waals surface area contributed by atoms with E-state index in [0.717, 1.165) is 16.8 Å². The fraction of sp³-hybridized carbons (Fsp3) is 0.318. The molecule has 6 heteroatoms. The first-order chi connectivity index (χ1) is 13.5. The lowest BCUT2D eigenvalue weighted by Gasteiger charge is -2.20. The van der Waals surface area contributed by atoms with Gasteiger partial charge in [-0.15, -0.1) is 0 Å². The molecule has 0 aromatic heterocycles. The minimum atomic E-state index is -0.452. The van der Waals surface area contributed by atoms with Crippen LogP contribution in [-0.4, -0.2) is 35.7 Å². The number of hydrogen-bond donors (Lipinski definition) is 0. The van der Waals surface area contributed by atoms with Crippen molar-refractivity contribution < 1.29 is 14.3 Å². The number of amides is 1. The van der Waals surface area contributed by atoms with Gasteiger partial charge < -0.3 is 4.74 Å². The first-order valence-corrected chi connectivity index (χ1v) is 9.69. The Kier molecular flexibility index (Phi) is 6.47. The summed E-state index contributed by atoms with van der Waals surface area (Å²) in [5, 5.41) is 6.36. The zero-order chi connectivity index (χ0) is 20.1. The standard InChI is InChI=1S/C22H23ClN2O3/c1-15(2)21(17-8-10-18(23)11-9-17)22(27)28-14-20(26)25-13-12-19(24-25)16-6-4-3-5-7-16/h3-11,15,21H,12-14H2,1-2H3/t21-/m1/s1. The maximum Gasteiger partial charge on any atom is 0.314 e. The molecular weight excluding hydrogens is 376 g/mol. The Labute approximate surface area is 169 Å². The average Bonchev–Trinajstić information content (AvgIpc) is 3.18. The Morgan fingerprint density at radius 1 is 1.11 bits per heavy atom. The second-order valence-corrected chi connectivity index (χ2v) is 7.50. The number of ether oxygens (including phenoxy) is 1. The van der Waals surface area contributed by atoms with Crippen LogP contribution in [-0.2, 0) is 14.3 Å². The molecular formula is C22H23ClN2O3. The van der Waals surface area contributed by atoms with E-state index in [1.54, 1.807) is 12.1 Å². The van der Waals surface area contributed by atoms with Crippen LogP contribution in [0.15, 0.2) is 59.7 Å². The van der Waals surface area contributed by atoms with Crippen LogP contribution < -0.4 is 0 Å². The second-order valence-electron chi connectivity index (χ2n) is 7.06. The van der Waals surface area contributed by atoms with Crippen LogP contribution in [0.2, 0.25) is 5.02 Å². The van der Waals surface area contributed by atoms with E-state index in [2.05, 4.69) is 5.10 Å². The van der Waals surface area contributed by atoms with Crippen molar-refractivity contribution in [3.8, 4) is 0 Å². The van der Waals surface area contributed by atoms with Crippen molar-refractivity contribution >= 4 is 29.2 Å². The van der Waals surface area contributed by atoms with E-state index in [9.17, 15) is 9.59 Å². The van der Waals surface area contributed by atoms with Gasteiger partial charge in [-0.3, -0.25) is 9.59 Å². The van der Waals surface area contributed by atoms with Crippen LogP contribution in [0.1, 0.15) is 37.3 Å². The van der Waals surface area contributed by atoms with Gasteiger partial charge in [0.2, 0.25) is 0 Å². The Morgan fingerprint density at radius 3 is 2.43 bits per heavy atom. The second kappa shape index (κ2) is 9.02. The van der Waals surface area contributed by atoms with Crippen molar-refractivity contribution in [2.45, 2.75) is 26.2 Å². The van der Waals surface area contributed by atoms with Crippen LogP contribution in [0.3, 0.4) is 0 Å². The van der Waals surface area contributed by atoms with E-state index in [0.29, 0.717) is 18.0 Å². The third-order valence-electron chi connectivity index (χ3n) is 4.68. The predicted octanol–water partition coefficient (Wildman–Crippen LogP) is 4.26. The van der Waals surface area contributed by atoms with Crippen LogP contribution >= 0.6 is 11.6 Å². The number of halogens is 1. The smallest absolute Gasteiger partial charge is 0.314 e. The molecule has 28 heavy (non-hydrogen) atoms. The molecule has 5 nitrogen and oxygen atoms in total. The number of carbonyl (C=O) groups excluding carboxylic acids is 2. The number of carbonyl (C=O) groups is 2. The molecule has 0 bridgehead atoms. The van der Waals surface area contributed by atoms with Crippen molar-refractivity contribution in [3.63, 3.8) is 0 Å². The van der Waals surface area contributed by atoms with E-state index in [4.69, 9.17) is 16.3 Å². The first-order valence-electron chi connectivity index (χ1n) is 9.31. The largest absolute Gasteiger partial charge is 0.455 e. The molecule has 2 aromatic carbocycles. The quantitative estimate of drug-likeness (QED) is 0.683. The van der Waals surface area contributed by atoms with E-state index < -0.39 is 11.9 Å². The monoisotopic (exact) mass is 398 g/mol. The molecule has 0 fully saturated rings. The molecule has 1 amide bonds. The lowest BCUT2D eigenvalue weighted by Crippen LogP contribution is -2.30. The van der Waals surface area contributed by atoms with Gasteiger partial charge in [0.15, 0.2) is 6.61 Å². The van der Waals surface area contributed by atoms with Gasteiger partial charge in [-0.1, -0.05) is 67.9 Å². The van der Waals surface area contributed by atoms with E-state index >= 15 is 0 Å². The van der Waals surface area contributed by atoms with Crippen molar-refractivity contribution in [2.75, 3.05) is 13.2 Å². The third-order valence-corrected chi connectivity index (χ3v) is 4.94. The molecule has 1 aliphatic rings. The van der Waals surface area contributed by atoms with Gasteiger partial charge in [0.25, 0.3) is 5.91 Å². The molecule has 0 aliphatic carbocycles. The highest BCUT2D eigenvalue weighted by atomic mass is 35.5. The molecule has 1 heterocycles. The Balaban J connectivity index is 1.61. The van der Waals surface area contributed by atoms with Gasteiger partial charge in [0.1, 0.15) is 0 Å². The molecule has 0 saturated heterocycles. The zero-order valence-electron chi connectivity index (χ0n) is 16.0. The van der Waals surface area contributed by atoms with E-state index in [1.165, 1.54) is 5.01 Å². The molecule has 2 aromatic rings. The normalized spacial score (nSPS) is 14.7. The number of rotatable bonds is 6. The van der Waals surface area contributed by atoms with Gasteiger partial charge in [0.05, 0.1) is 18.2 Å². The first kappa shape index (κ1) is 20.1. The number of hydrazone groups is 1. The van der Waals surface area contributed by atoms with Crippen molar-refractivity contribution in [2.24, 2.45) is 11.0 Å². The number of nitrogens with zero attached hydrogens (tertiary/aromatic N) is 2. The summed E-state index contributed by atoms with van der Waals surface area (Å²) in [5.41, 5.74) is 2.68. The summed E-state index contributed by atoms with van der Waals surface area (Å²) in [5.74, 6) is -1.17. The lowest BCUT2D eigenvalue weighted by atomic mass is 9.88. The summed E-state index contributed by atoms with van der Waals surface area (Å²) in [4.78, 5) is 25.0. The Bertz CT molecular complexity index is 863. The lowest BCUT2D eigenvalue weighted by molar-refractivity contribution is -0.154. The molecule has 1 atom stereocenters. The fourth-order valence-corrected chi connectivity index (χ4v) is 3.36. The van der Waals surface area contributed by atoms with Crippen molar-refractivity contribution in [1.82, 2.24) is 5.01 Å². The van der Waals surface area contributed by atoms with Gasteiger partial charge in [0, 0.05) is 11.4 Å². The predicted molar refractivity (Wildman–Crippen MR) is 109 cm³/mol. The molecule has 0 saturated carbocycles. The van der Waals surface area contributed by atoms with Crippen molar-refractivity contribution in [3.05, 3.63) is 70.7 Å². The van der Waals surface area contributed by atoms with E-state index in [1.807, 2.05) is 56.3 Å². The maximum atomic E-state index is 12.6. The molecule has 3 rings (SSSR count). The van der Waals surface area contributed by atoms with E-state index in [-0.39, 0.29) is 18.4 Å². The summed E-state index contributed by atoms with van der Waals surface area (Å²) < 4.78 is 5.33. The number of benzene rings is 2. The molecule has 1 aliphatic heterocycles. The number of hydrogen-bond acceptors (Lipinski definition) is 4. The Hall–Kier alpha value is -2.66. The summed E-state index contributed by atoms with van der Waals surface area (Å²) in [6, 6.07) is 16.9. The minimum Gasteiger partial charge on any atom is -0.455 e. The maximum absolute atomic E-state index is 12.6. The molecule has 146 valence electrons. The summed E-state index contributed by atoms with van der Waals surface area (Å²) >= 11 is 5.93. The van der Waals surface area contributed by atoms with Gasteiger partial charge >= 0.3 is 5.97 Å². The highest BCUT2D eigenvalue weighted by molar-refractivity contribution is 6.30. The van der Waals surface area contributed by atoms with Crippen LogP contribution in [0.4, 0.5) is 0 Å². The molecule has 0 radical (unpaired) electrons. The molecule has 0 unspecified atom stereocenters. The van der Waals surface area contributed by atoms with Crippen LogP contribution in [0, 0.1) is 5.92 Å². The topological polar surface area (TPSA) is 59.0 Å². The average molecular weight is 399 g/mol. The SMILES string of the molecule is CC(C)[C@@H](C(=O)OCC(=O)N1CCC(c2ccccc2)=N1)c1ccc(Cl)cc1.